The summed E-state index contributed by atoms with van der Waals surface area (Å²) < 4.78 is 0. The van der Waals surface area contributed by atoms with Crippen LogP contribution in [0.4, 0.5) is 0 Å². The van der Waals surface area contributed by atoms with E-state index in [1.54, 1.807) is 11.8 Å². The maximum absolute atomic E-state index is 9.17. The minimum atomic E-state index is -0.624. The van der Waals surface area contributed by atoms with Crippen molar-refractivity contribution in [2.45, 2.75) is 24.8 Å². The lowest BCUT2D eigenvalue weighted by atomic mass is 10.1. The van der Waals surface area contributed by atoms with E-state index in [4.69, 9.17) is 5.11 Å². The van der Waals surface area contributed by atoms with Crippen molar-refractivity contribution >= 4 is 11.8 Å². The molecule has 3 heteroatoms. The quantitative estimate of drug-likeness (QED) is 0.747. The number of hydrogen-bond donors (Lipinski definition) is 2. The summed E-state index contributed by atoms with van der Waals surface area (Å²) in [6, 6.07) is 6.21. The van der Waals surface area contributed by atoms with Crippen LogP contribution in [-0.2, 0) is 0 Å². The van der Waals surface area contributed by atoms with E-state index in [1.807, 2.05) is 6.07 Å². The van der Waals surface area contributed by atoms with E-state index in [2.05, 4.69) is 26.0 Å². The van der Waals surface area contributed by atoms with Crippen LogP contribution in [-0.4, -0.2) is 28.7 Å². The minimum absolute atomic E-state index is 0.169. The lowest BCUT2D eigenvalue weighted by Crippen LogP contribution is -2.14. The second-order valence-corrected chi connectivity index (χ2v) is 4.49. The number of rotatable bonds is 4. The van der Waals surface area contributed by atoms with E-state index >= 15 is 0 Å². The average molecular weight is 212 g/mol. The zero-order chi connectivity index (χ0) is 10.6. The van der Waals surface area contributed by atoms with Crippen LogP contribution >= 0.6 is 11.8 Å². The smallest absolute Gasteiger partial charge is 0.0864 e. The summed E-state index contributed by atoms with van der Waals surface area (Å²) in [5.74, 6) is 0.541. The second kappa shape index (κ2) is 5.39. The molecule has 0 fully saturated rings. The lowest BCUT2D eigenvalue weighted by Gasteiger charge is -2.07. The van der Waals surface area contributed by atoms with Crippen LogP contribution in [0.15, 0.2) is 23.1 Å². The summed E-state index contributed by atoms with van der Waals surface area (Å²) in [6.07, 6.45) is -0.624. The molecule has 0 aromatic heterocycles. The Morgan fingerprint density at radius 1 is 1.29 bits per heavy atom. The minimum Gasteiger partial charge on any atom is -0.394 e. The molecule has 0 aliphatic carbocycles. The molecule has 1 aromatic rings. The Balaban J connectivity index is 2.55. The number of aliphatic hydroxyl groups excluding tert-OH is 2. The molecule has 14 heavy (non-hydrogen) atoms. The van der Waals surface area contributed by atoms with Gasteiger partial charge < -0.3 is 10.2 Å². The molecule has 0 aliphatic rings. The molecule has 1 rings (SSSR count). The molecule has 1 unspecified atom stereocenters. The van der Waals surface area contributed by atoms with E-state index in [1.165, 1.54) is 11.1 Å². The van der Waals surface area contributed by atoms with Gasteiger partial charge in [-0.25, -0.2) is 0 Å². The van der Waals surface area contributed by atoms with Gasteiger partial charge >= 0.3 is 0 Å². The fourth-order valence-electron chi connectivity index (χ4n) is 1.05. The van der Waals surface area contributed by atoms with Crippen LogP contribution in [0.5, 0.6) is 0 Å². The summed E-state index contributed by atoms with van der Waals surface area (Å²) >= 11 is 1.57. The summed E-state index contributed by atoms with van der Waals surface area (Å²) in [6.45, 7) is 3.98. The van der Waals surface area contributed by atoms with Crippen LogP contribution in [0.25, 0.3) is 0 Å². The zero-order valence-electron chi connectivity index (χ0n) is 8.53. The molecule has 0 saturated carbocycles. The first-order valence-corrected chi connectivity index (χ1v) is 5.61. The van der Waals surface area contributed by atoms with E-state index in [-0.39, 0.29) is 6.61 Å². The van der Waals surface area contributed by atoms with Crippen molar-refractivity contribution in [3.63, 3.8) is 0 Å². The molecule has 0 bridgehead atoms. The van der Waals surface area contributed by atoms with Gasteiger partial charge in [0, 0.05) is 10.6 Å². The van der Waals surface area contributed by atoms with Gasteiger partial charge in [-0.3, -0.25) is 0 Å². The summed E-state index contributed by atoms with van der Waals surface area (Å²) in [5.41, 5.74) is 2.53. The third-order valence-electron chi connectivity index (χ3n) is 2.13. The van der Waals surface area contributed by atoms with E-state index in [0.29, 0.717) is 5.75 Å². The standard InChI is InChI=1S/C11H16O2S/c1-8-3-4-11(5-9(8)2)14-7-10(13)6-12/h3-5,10,12-13H,6-7H2,1-2H3. The van der Waals surface area contributed by atoms with Crippen molar-refractivity contribution in [3.05, 3.63) is 29.3 Å². The van der Waals surface area contributed by atoms with Crippen molar-refractivity contribution in [2.75, 3.05) is 12.4 Å². The predicted octanol–water partition coefficient (Wildman–Crippen LogP) is 1.75. The molecule has 1 atom stereocenters. The van der Waals surface area contributed by atoms with Gasteiger partial charge in [-0.05, 0) is 37.1 Å². The first kappa shape index (κ1) is 11.6. The highest BCUT2D eigenvalue weighted by molar-refractivity contribution is 7.99. The van der Waals surface area contributed by atoms with Crippen LogP contribution in [0, 0.1) is 13.8 Å². The van der Waals surface area contributed by atoms with Gasteiger partial charge in [0.2, 0.25) is 0 Å². The lowest BCUT2D eigenvalue weighted by molar-refractivity contribution is 0.113. The van der Waals surface area contributed by atoms with Gasteiger partial charge in [0.15, 0.2) is 0 Å². The van der Waals surface area contributed by atoms with Gasteiger partial charge in [-0.1, -0.05) is 6.07 Å². The zero-order valence-corrected chi connectivity index (χ0v) is 9.34. The van der Waals surface area contributed by atoms with Crippen molar-refractivity contribution in [3.8, 4) is 0 Å². The van der Waals surface area contributed by atoms with Gasteiger partial charge in [0.05, 0.1) is 12.7 Å². The molecule has 2 N–H and O–H groups in total. The average Bonchev–Trinajstić information content (AvgIpc) is 2.19. The van der Waals surface area contributed by atoms with Gasteiger partial charge in [-0.15, -0.1) is 11.8 Å². The van der Waals surface area contributed by atoms with Crippen LogP contribution in [0.2, 0.25) is 0 Å². The van der Waals surface area contributed by atoms with Gasteiger partial charge in [0.1, 0.15) is 0 Å². The normalized spacial score (nSPS) is 12.9. The highest BCUT2D eigenvalue weighted by atomic mass is 32.2. The summed E-state index contributed by atoms with van der Waals surface area (Å²) in [7, 11) is 0. The number of aliphatic hydroxyl groups is 2. The van der Waals surface area contributed by atoms with Crippen molar-refractivity contribution in [1.29, 1.82) is 0 Å². The Morgan fingerprint density at radius 2 is 2.00 bits per heavy atom. The Hall–Kier alpha value is -0.510. The maximum atomic E-state index is 9.17. The van der Waals surface area contributed by atoms with Crippen molar-refractivity contribution < 1.29 is 10.2 Å². The van der Waals surface area contributed by atoms with Gasteiger partial charge in [-0.2, -0.15) is 0 Å². The monoisotopic (exact) mass is 212 g/mol. The molecular formula is C11H16O2S. The molecule has 0 heterocycles. The molecule has 0 spiro atoms. The Kier molecular flexibility index (Phi) is 4.45. The third-order valence-corrected chi connectivity index (χ3v) is 3.27. The maximum Gasteiger partial charge on any atom is 0.0864 e. The number of aryl methyl sites for hydroxylation is 2. The first-order valence-electron chi connectivity index (χ1n) is 4.62. The van der Waals surface area contributed by atoms with Crippen LogP contribution in [0.3, 0.4) is 0 Å². The predicted molar refractivity (Wildman–Crippen MR) is 59.7 cm³/mol. The SMILES string of the molecule is Cc1ccc(SCC(O)CO)cc1C. The first-order chi connectivity index (χ1) is 6.63. The molecule has 0 aliphatic heterocycles. The molecule has 0 amide bonds. The van der Waals surface area contributed by atoms with Crippen molar-refractivity contribution in [2.24, 2.45) is 0 Å². The summed E-state index contributed by atoms with van der Waals surface area (Å²) in [5, 5.41) is 17.8. The second-order valence-electron chi connectivity index (χ2n) is 3.39. The largest absolute Gasteiger partial charge is 0.394 e. The molecule has 0 radical (unpaired) electrons. The number of benzene rings is 1. The van der Waals surface area contributed by atoms with Crippen LogP contribution in [0.1, 0.15) is 11.1 Å². The van der Waals surface area contributed by atoms with Crippen molar-refractivity contribution in [1.82, 2.24) is 0 Å². The van der Waals surface area contributed by atoms with E-state index < -0.39 is 6.10 Å². The Bertz CT molecular complexity index is 299. The molecular weight excluding hydrogens is 196 g/mol. The Morgan fingerprint density at radius 3 is 2.57 bits per heavy atom. The molecule has 1 aromatic carbocycles. The third kappa shape index (κ3) is 3.33. The Labute approximate surface area is 89.0 Å². The fourth-order valence-corrected chi connectivity index (χ4v) is 1.96. The fraction of sp³-hybridized carbons (Fsp3) is 0.455. The highest BCUT2D eigenvalue weighted by Crippen LogP contribution is 2.21. The number of hydrogen-bond acceptors (Lipinski definition) is 3. The molecule has 0 saturated heterocycles. The summed E-state index contributed by atoms with van der Waals surface area (Å²) in [4.78, 5) is 1.14. The molecule has 2 nitrogen and oxygen atoms in total. The highest BCUT2D eigenvalue weighted by Gasteiger charge is 2.03. The molecule has 78 valence electrons. The van der Waals surface area contributed by atoms with Gasteiger partial charge in [0.25, 0.3) is 0 Å². The van der Waals surface area contributed by atoms with Crippen LogP contribution < -0.4 is 0 Å². The number of thioether (sulfide) groups is 1. The van der Waals surface area contributed by atoms with E-state index in [0.717, 1.165) is 4.90 Å². The van der Waals surface area contributed by atoms with E-state index in [9.17, 15) is 5.11 Å². The topological polar surface area (TPSA) is 40.5 Å².